The molecule has 6 aromatic carbocycles. The van der Waals surface area contributed by atoms with Gasteiger partial charge in [-0.05, 0) is 51.9 Å². The van der Waals surface area contributed by atoms with Crippen LogP contribution < -0.4 is 9.05 Å². The number of hydrogen-bond acceptors (Lipinski definition) is 6. The molecule has 2 aliphatic heterocycles. The smallest absolute Gasteiger partial charge is 0.397 e. The minimum atomic E-state index is -1.65. The van der Waals surface area contributed by atoms with E-state index in [1.807, 2.05) is 0 Å². The van der Waals surface area contributed by atoms with Crippen molar-refractivity contribution in [1.29, 1.82) is 0 Å². The molecule has 0 amide bonds. The molecule has 0 aromatic heterocycles. The van der Waals surface area contributed by atoms with Gasteiger partial charge in [-0.2, -0.15) is 0 Å². The quantitative estimate of drug-likeness (QED) is 0.108. The van der Waals surface area contributed by atoms with Crippen LogP contribution in [0.3, 0.4) is 0 Å². The first-order valence-electron chi connectivity index (χ1n) is 21.0. The maximum absolute atomic E-state index is 6.65. The molecule has 0 saturated carbocycles. The highest BCUT2D eigenvalue weighted by molar-refractivity contribution is 7.42. The van der Waals surface area contributed by atoms with Crippen LogP contribution in [0.25, 0.3) is 0 Å². The van der Waals surface area contributed by atoms with Gasteiger partial charge in [-0.3, -0.25) is 0 Å². The van der Waals surface area contributed by atoms with Gasteiger partial charge in [0.2, 0.25) is 0 Å². The zero-order chi connectivity index (χ0) is 41.7. The molecule has 6 nitrogen and oxygen atoms in total. The SMILES string of the molecule is CCC(c1ccccc1)c1cc(C(C)(C)c2ccccc2)ccc1OP1OCC2(COP(Oc3ccc(C(C)(C)c4ccccc4)cc3C(C)c3ccccc3)OC2)CO1. The van der Waals surface area contributed by atoms with Gasteiger partial charge in [0.25, 0.3) is 0 Å². The van der Waals surface area contributed by atoms with Crippen LogP contribution in [0.5, 0.6) is 11.5 Å². The molecule has 2 heterocycles. The van der Waals surface area contributed by atoms with Crippen molar-refractivity contribution in [2.24, 2.45) is 5.41 Å². The monoisotopic (exact) mass is 838 g/mol. The van der Waals surface area contributed by atoms with Crippen molar-refractivity contribution in [2.75, 3.05) is 26.4 Å². The van der Waals surface area contributed by atoms with Crippen LogP contribution in [0.2, 0.25) is 0 Å². The standard InChI is InChI=1S/C52H56O6P2/c1-7-45(40-22-14-9-15-23-40)47-33-44(51(5,6)42-26-18-11-19-27-42)29-31-49(47)58-60-55-36-52(37-56-60)34-53-59(54-35-52)57-48-30-28-43(50(3,4)41-24-16-10-17-25-41)32-46(48)38(2)39-20-12-8-13-21-39/h8-33,38,45H,7,34-37H2,1-6H3. The molecule has 0 aliphatic carbocycles. The Labute approximate surface area is 359 Å². The molecular weight excluding hydrogens is 783 g/mol. The fourth-order valence-corrected chi connectivity index (χ4v) is 10.8. The summed E-state index contributed by atoms with van der Waals surface area (Å²) in [4.78, 5) is 0. The van der Waals surface area contributed by atoms with E-state index in [1.54, 1.807) is 0 Å². The van der Waals surface area contributed by atoms with E-state index < -0.39 is 22.6 Å². The molecule has 0 N–H and O–H groups in total. The predicted molar refractivity (Wildman–Crippen MR) is 244 cm³/mol. The topological polar surface area (TPSA) is 55.4 Å². The third-order valence-electron chi connectivity index (χ3n) is 12.5. The summed E-state index contributed by atoms with van der Waals surface area (Å²) in [5, 5.41) is 0. The molecule has 2 atom stereocenters. The normalized spacial score (nSPS) is 20.6. The largest absolute Gasteiger partial charge is 0.426 e. The van der Waals surface area contributed by atoms with Gasteiger partial charge in [-0.1, -0.05) is 187 Å². The number of hydrogen-bond donors (Lipinski definition) is 0. The Bertz CT molecular complexity index is 2300. The maximum Gasteiger partial charge on any atom is 0.397 e. The average Bonchev–Trinajstić information content (AvgIpc) is 3.30. The average molecular weight is 839 g/mol. The predicted octanol–water partition coefficient (Wildman–Crippen LogP) is 14.0. The molecule has 6 aromatic rings. The fraction of sp³-hybridized carbons (Fsp3) is 0.308. The number of benzene rings is 6. The third-order valence-corrected chi connectivity index (χ3v) is 14.5. The van der Waals surface area contributed by atoms with Crippen molar-refractivity contribution in [2.45, 2.75) is 70.6 Å². The summed E-state index contributed by atoms with van der Waals surface area (Å²) in [6.07, 6.45) is 0.917. The summed E-state index contributed by atoms with van der Waals surface area (Å²) < 4.78 is 38.7. The summed E-state index contributed by atoms with van der Waals surface area (Å²) >= 11 is 0. The first-order chi connectivity index (χ1) is 29.1. The lowest BCUT2D eigenvalue weighted by atomic mass is 9.76. The number of rotatable bonds is 13. The Balaban J connectivity index is 0.956. The summed E-state index contributed by atoms with van der Waals surface area (Å²) in [6, 6.07) is 55.7. The molecule has 1 spiro atoms. The second kappa shape index (κ2) is 18.3. The summed E-state index contributed by atoms with van der Waals surface area (Å²) in [6.45, 7) is 15.1. The van der Waals surface area contributed by atoms with Crippen LogP contribution in [-0.4, -0.2) is 26.4 Å². The van der Waals surface area contributed by atoms with E-state index in [-0.39, 0.29) is 22.7 Å². The second-order valence-electron chi connectivity index (χ2n) is 17.2. The molecule has 60 heavy (non-hydrogen) atoms. The van der Waals surface area contributed by atoms with E-state index in [4.69, 9.17) is 27.1 Å². The van der Waals surface area contributed by atoms with Gasteiger partial charge >= 0.3 is 17.2 Å². The Morgan fingerprint density at radius 3 is 1.32 bits per heavy atom. The Kier molecular flexibility index (Phi) is 12.9. The molecule has 8 rings (SSSR count). The lowest BCUT2D eigenvalue weighted by Gasteiger charge is -2.41. The lowest BCUT2D eigenvalue weighted by molar-refractivity contribution is -0.0673. The molecule has 2 aliphatic rings. The first-order valence-corrected chi connectivity index (χ1v) is 23.2. The van der Waals surface area contributed by atoms with Crippen LogP contribution in [0.1, 0.15) is 104 Å². The summed E-state index contributed by atoms with van der Waals surface area (Å²) in [7, 11) is -3.29. The second-order valence-corrected chi connectivity index (χ2v) is 19.5. The minimum Gasteiger partial charge on any atom is -0.426 e. The van der Waals surface area contributed by atoms with Crippen molar-refractivity contribution in [3.63, 3.8) is 0 Å². The van der Waals surface area contributed by atoms with E-state index in [1.165, 1.54) is 33.4 Å². The molecule has 0 radical (unpaired) electrons. The van der Waals surface area contributed by atoms with Crippen LogP contribution in [0.4, 0.5) is 0 Å². The van der Waals surface area contributed by atoms with Crippen LogP contribution in [0.15, 0.2) is 158 Å². The minimum absolute atomic E-state index is 0.0885. The summed E-state index contributed by atoms with van der Waals surface area (Å²) in [5.74, 6) is 1.78. The van der Waals surface area contributed by atoms with Crippen molar-refractivity contribution in [3.8, 4) is 11.5 Å². The van der Waals surface area contributed by atoms with Gasteiger partial charge in [0, 0.05) is 33.8 Å². The third kappa shape index (κ3) is 9.12. The molecule has 8 heteroatoms. The van der Waals surface area contributed by atoms with Crippen molar-refractivity contribution >= 4 is 17.2 Å². The van der Waals surface area contributed by atoms with Gasteiger partial charge in [0.1, 0.15) is 11.5 Å². The van der Waals surface area contributed by atoms with Crippen LogP contribution >= 0.6 is 17.2 Å². The molecule has 0 bridgehead atoms. The summed E-state index contributed by atoms with van der Waals surface area (Å²) in [5.41, 5.74) is 8.80. The van der Waals surface area contributed by atoms with E-state index in [9.17, 15) is 0 Å². The van der Waals surface area contributed by atoms with Gasteiger partial charge < -0.3 is 27.1 Å². The lowest BCUT2D eigenvalue weighted by Crippen LogP contribution is -2.45. The van der Waals surface area contributed by atoms with Gasteiger partial charge in [0.05, 0.1) is 31.8 Å². The van der Waals surface area contributed by atoms with E-state index in [0.717, 1.165) is 29.0 Å². The molecule has 2 saturated heterocycles. The Morgan fingerprint density at radius 2 is 0.883 bits per heavy atom. The van der Waals surface area contributed by atoms with E-state index in [2.05, 4.69) is 199 Å². The van der Waals surface area contributed by atoms with Crippen LogP contribution in [-0.2, 0) is 28.9 Å². The molecule has 2 fully saturated rings. The molecule has 310 valence electrons. The van der Waals surface area contributed by atoms with Crippen molar-refractivity contribution < 1.29 is 27.1 Å². The fourth-order valence-electron chi connectivity index (χ4n) is 8.29. The van der Waals surface area contributed by atoms with E-state index >= 15 is 0 Å². The van der Waals surface area contributed by atoms with E-state index in [0.29, 0.717) is 26.4 Å². The highest BCUT2D eigenvalue weighted by atomic mass is 31.2. The van der Waals surface area contributed by atoms with Crippen LogP contribution in [0, 0.1) is 5.41 Å². The maximum atomic E-state index is 6.65. The van der Waals surface area contributed by atoms with Crippen molar-refractivity contribution in [3.05, 3.63) is 202 Å². The highest BCUT2D eigenvalue weighted by Crippen LogP contribution is 2.55. The Morgan fingerprint density at radius 1 is 0.500 bits per heavy atom. The molecular formula is C52H56O6P2. The van der Waals surface area contributed by atoms with Crippen molar-refractivity contribution in [1.82, 2.24) is 0 Å². The highest BCUT2D eigenvalue weighted by Gasteiger charge is 2.45. The first kappa shape index (κ1) is 42.3. The Hall–Kier alpha value is -4.38. The zero-order valence-corrected chi connectivity index (χ0v) is 37.3. The van der Waals surface area contributed by atoms with Gasteiger partial charge in [-0.15, -0.1) is 0 Å². The van der Waals surface area contributed by atoms with Gasteiger partial charge in [-0.25, -0.2) is 0 Å². The molecule has 2 unspecified atom stereocenters. The zero-order valence-electron chi connectivity index (χ0n) is 35.5. The van der Waals surface area contributed by atoms with Gasteiger partial charge in [0.15, 0.2) is 0 Å².